The van der Waals surface area contributed by atoms with Gasteiger partial charge in [-0.1, -0.05) is 71.4 Å². The number of cyclic esters (lactones) is 1. The maximum atomic E-state index is 14.7. The van der Waals surface area contributed by atoms with Gasteiger partial charge in [0.05, 0.1) is 6.42 Å². The van der Waals surface area contributed by atoms with Crippen LogP contribution < -0.4 is 38.1 Å². The number of nitrogens with one attached hydrogen (secondary N) is 5. The van der Waals surface area contributed by atoms with Crippen molar-refractivity contribution in [1.29, 1.82) is 0 Å². The highest BCUT2D eigenvalue weighted by Gasteiger charge is 2.46. The van der Waals surface area contributed by atoms with Crippen molar-refractivity contribution in [1.82, 2.24) is 36.4 Å². The summed E-state index contributed by atoms with van der Waals surface area (Å²) in [5.41, 5.74) is 11.6. The Morgan fingerprint density at radius 1 is 0.939 bits per heavy atom. The normalized spacial score (nSPS) is 25.7. The predicted molar refractivity (Wildman–Crippen MR) is 239 cm³/mol. The number of nitrogens with zero attached hydrogens (tertiary/aromatic N) is 3. The second-order valence-corrected chi connectivity index (χ2v) is 17.2. The first-order chi connectivity index (χ1) is 31.1. The molecule has 0 spiro atoms. The highest BCUT2D eigenvalue weighted by atomic mass is 16.5. The lowest BCUT2D eigenvalue weighted by atomic mass is 9.93. The van der Waals surface area contributed by atoms with E-state index in [2.05, 4.69) is 31.6 Å². The summed E-state index contributed by atoms with van der Waals surface area (Å²) < 4.78 is 5.85. The number of amides is 7. The number of rotatable bonds is 16. The summed E-state index contributed by atoms with van der Waals surface area (Å²) in [7, 11) is 1.38. The number of fused-ring (bicyclic) bond motifs is 2. The summed E-state index contributed by atoms with van der Waals surface area (Å²) in [5, 5.41) is 33.7. The minimum absolute atomic E-state index is 0.00645. The number of aliphatic hydroxyl groups is 1. The number of hydrogen-bond donors (Lipinski definition) is 9. The number of aliphatic imine (C=N–C) groups is 1. The molecule has 1 aromatic carbocycles. The van der Waals surface area contributed by atoms with Crippen LogP contribution in [0.15, 0.2) is 35.3 Å². The van der Waals surface area contributed by atoms with Gasteiger partial charge in [-0.15, -0.1) is 0 Å². The molecule has 0 aromatic heterocycles. The Hall–Kier alpha value is -6.32. The van der Waals surface area contributed by atoms with Crippen LogP contribution >= 0.6 is 0 Å². The van der Waals surface area contributed by atoms with Gasteiger partial charge >= 0.3 is 11.9 Å². The molecule has 22 nitrogen and oxygen atoms in total. The Morgan fingerprint density at radius 2 is 1.61 bits per heavy atom. The van der Waals surface area contributed by atoms with E-state index in [0.717, 1.165) is 4.90 Å². The van der Waals surface area contributed by atoms with Crippen LogP contribution in [0.5, 0.6) is 0 Å². The second-order valence-electron chi connectivity index (χ2n) is 17.2. The average molecular weight is 929 g/mol. The Labute approximate surface area is 384 Å². The van der Waals surface area contributed by atoms with Gasteiger partial charge in [-0.3, -0.25) is 43.3 Å². The van der Waals surface area contributed by atoms with Crippen molar-refractivity contribution in [2.75, 3.05) is 13.6 Å². The van der Waals surface area contributed by atoms with E-state index in [4.69, 9.17) is 16.2 Å². The molecule has 0 saturated carbocycles. The van der Waals surface area contributed by atoms with E-state index < -0.39 is 126 Å². The molecule has 22 heteroatoms. The summed E-state index contributed by atoms with van der Waals surface area (Å²) in [4.78, 5) is 131. The molecule has 66 heavy (non-hydrogen) atoms. The van der Waals surface area contributed by atoms with E-state index in [-0.39, 0.29) is 51.0 Å². The molecule has 2 bridgehead atoms. The molecule has 2 aliphatic heterocycles. The lowest BCUT2D eigenvalue weighted by Crippen LogP contribution is -2.66. The fourth-order valence-corrected chi connectivity index (χ4v) is 7.77. The van der Waals surface area contributed by atoms with Crippen molar-refractivity contribution in [2.24, 2.45) is 28.3 Å². The highest BCUT2D eigenvalue weighted by Crippen LogP contribution is 2.26. The number of guanidine groups is 1. The molecule has 2 aliphatic rings. The molecule has 11 N–H and O–H groups in total. The maximum Gasteiger partial charge on any atom is 0.329 e. The third-order valence-corrected chi connectivity index (χ3v) is 11.7. The van der Waals surface area contributed by atoms with Crippen LogP contribution in [0.1, 0.15) is 98.5 Å². The summed E-state index contributed by atoms with van der Waals surface area (Å²) in [6.45, 7) is 9.70. The van der Waals surface area contributed by atoms with Gasteiger partial charge in [0, 0.05) is 26.4 Å². The van der Waals surface area contributed by atoms with Gasteiger partial charge < -0.3 is 62.8 Å². The minimum Gasteiger partial charge on any atom is -0.481 e. The smallest absolute Gasteiger partial charge is 0.329 e. The van der Waals surface area contributed by atoms with Crippen molar-refractivity contribution in [2.45, 2.75) is 154 Å². The molecule has 10 unspecified atom stereocenters. The molecule has 366 valence electrons. The average Bonchev–Trinajstić information content (AvgIpc) is 3.25. The van der Waals surface area contributed by atoms with Crippen molar-refractivity contribution in [3.05, 3.63) is 35.9 Å². The van der Waals surface area contributed by atoms with Gasteiger partial charge in [0.2, 0.25) is 41.4 Å². The lowest BCUT2D eigenvalue weighted by Gasteiger charge is -2.44. The molecule has 2 heterocycles. The third kappa shape index (κ3) is 15.1. The highest BCUT2D eigenvalue weighted by molar-refractivity contribution is 5.99. The van der Waals surface area contributed by atoms with Crippen LogP contribution in [-0.2, 0) is 54.3 Å². The second kappa shape index (κ2) is 25.4. The monoisotopic (exact) mass is 929 g/mol. The van der Waals surface area contributed by atoms with Gasteiger partial charge in [0.1, 0.15) is 54.6 Å². The Kier molecular flexibility index (Phi) is 20.8. The first kappa shape index (κ1) is 54.0. The van der Waals surface area contributed by atoms with Gasteiger partial charge in [0.15, 0.2) is 5.96 Å². The van der Waals surface area contributed by atoms with E-state index in [1.807, 2.05) is 0 Å². The van der Waals surface area contributed by atoms with Crippen LogP contribution in [0.25, 0.3) is 0 Å². The minimum atomic E-state index is -1.85. The Bertz CT molecular complexity index is 1930. The van der Waals surface area contributed by atoms with Crippen molar-refractivity contribution >= 4 is 59.2 Å². The number of piperidine rings is 1. The van der Waals surface area contributed by atoms with Gasteiger partial charge in [0.25, 0.3) is 0 Å². The van der Waals surface area contributed by atoms with E-state index in [9.17, 15) is 53.4 Å². The Balaban J connectivity index is 2.25. The van der Waals surface area contributed by atoms with Gasteiger partial charge in [-0.25, -0.2) is 4.79 Å². The SMILES string of the molecule is CCCC(=O)NC(CC(=O)O)C(=O)NC1C(=O)NC(CCCN=C(N)N)C(=O)NC2CCC(O)N(C2=O)C(C(C)C)C(=O)N(C)C(Cc2ccccc2)C(=O)NC(C(C)CC)C(=O)OC1C. The number of hydrogen-bond acceptors (Lipinski definition) is 12. The Morgan fingerprint density at radius 3 is 2.20 bits per heavy atom. The standard InChI is InChI=1S/C44H68N10O12/c1-8-14-31(55)48-29(22-33(57)58)38(60)52-35-25(6)66-43(65)34(24(5)9-2)51-39(61)30(21-26-15-11-10-12-16-26)53(7)42(64)36(23(3)4)54-32(56)19-18-28(41(54)63)50-37(59)27(49-40(35)62)17-13-20-47-44(45)46/h10-12,15-16,23-25,27-30,32,34-36,56H,8-9,13-14,17-22H2,1-7H3,(H,48,55)(H,49,62)(H,50,59)(H,51,61)(H,52,60)(H,57,58)(H4,45,46,47). The van der Waals surface area contributed by atoms with Gasteiger partial charge in [-0.05, 0) is 56.4 Å². The summed E-state index contributed by atoms with van der Waals surface area (Å²) >= 11 is 0. The van der Waals surface area contributed by atoms with Crippen LogP contribution in [0.3, 0.4) is 0 Å². The van der Waals surface area contributed by atoms with Crippen molar-refractivity contribution < 1.29 is 58.1 Å². The molecular formula is C44H68N10O12. The fraction of sp³-hybridized carbons (Fsp3) is 0.636. The number of esters is 1. The zero-order valence-electron chi connectivity index (χ0n) is 38.8. The molecule has 0 radical (unpaired) electrons. The first-order valence-corrected chi connectivity index (χ1v) is 22.4. The third-order valence-electron chi connectivity index (χ3n) is 11.7. The molecule has 2 fully saturated rings. The van der Waals surface area contributed by atoms with Crippen LogP contribution in [0.2, 0.25) is 0 Å². The van der Waals surface area contributed by atoms with E-state index in [0.29, 0.717) is 18.4 Å². The van der Waals surface area contributed by atoms with Crippen molar-refractivity contribution in [3.8, 4) is 0 Å². The molecule has 10 atom stereocenters. The maximum absolute atomic E-state index is 14.7. The number of carboxylic acids is 1. The van der Waals surface area contributed by atoms with E-state index in [1.54, 1.807) is 65.0 Å². The number of likely N-dealkylation sites (N-methyl/N-ethyl adjacent to an activating group) is 1. The summed E-state index contributed by atoms with van der Waals surface area (Å²) in [6.07, 6.45) is -3.51. The molecule has 1 aromatic rings. The number of carbonyl (C=O) groups is 9. The molecule has 7 amide bonds. The number of ether oxygens (including phenoxy) is 1. The number of carboxylic acid groups (broad SMARTS) is 1. The fourth-order valence-electron chi connectivity index (χ4n) is 7.77. The van der Waals surface area contributed by atoms with Crippen LogP contribution in [0, 0.1) is 11.8 Å². The molecular weight excluding hydrogens is 861 g/mol. The molecule has 2 saturated heterocycles. The van der Waals surface area contributed by atoms with E-state index >= 15 is 0 Å². The lowest BCUT2D eigenvalue weighted by molar-refractivity contribution is -0.167. The number of aliphatic hydroxyl groups excluding tert-OH is 1. The first-order valence-electron chi connectivity index (χ1n) is 22.4. The molecule has 3 rings (SSSR count). The largest absolute Gasteiger partial charge is 0.481 e. The zero-order valence-corrected chi connectivity index (χ0v) is 38.8. The molecule has 0 aliphatic carbocycles. The predicted octanol–water partition coefficient (Wildman–Crippen LogP) is -1.23. The number of benzene rings is 1. The number of nitrogens with two attached hydrogens (primary N) is 2. The number of aliphatic carboxylic acids is 1. The van der Waals surface area contributed by atoms with Crippen molar-refractivity contribution in [3.63, 3.8) is 0 Å². The summed E-state index contributed by atoms with van der Waals surface area (Å²) in [6, 6.07) is -1.59. The number of carbonyl (C=O) groups excluding carboxylic acids is 8. The van der Waals surface area contributed by atoms with Gasteiger partial charge in [-0.2, -0.15) is 0 Å². The summed E-state index contributed by atoms with van der Waals surface area (Å²) in [5.74, 6) is -10.0. The van der Waals surface area contributed by atoms with Crippen LogP contribution in [-0.4, -0.2) is 147 Å². The van der Waals surface area contributed by atoms with E-state index in [1.165, 1.54) is 18.9 Å². The van der Waals surface area contributed by atoms with Crippen LogP contribution in [0.4, 0.5) is 0 Å². The zero-order chi connectivity index (χ0) is 49.4. The quantitative estimate of drug-likeness (QED) is 0.0406. The topological polar surface area (TPSA) is 334 Å².